The molecule has 33 heavy (non-hydrogen) atoms. The van der Waals surface area contributed by atoms with Crippen LogP contribution in [0.5, 0.6) is 5.75 Å². The average molecular weight is 459 g/mol. The summed E-state index contributed by atoms with van der Waals surface area (Å²) in [6.45, 7) is 5.30. The van der Waals surface area contributed by atoms with Gasteiger partial charge in [-0.25, -0.2) is 9.18 Å². The molecule has 1 aliphatic heterocycles. The summed E-state index contributed by atoms with van der Waals surface area (Å²) in [6.07, 6.45) is 0. The highest BCUT2D eigenvalue weighted by Gasteiger charge is 2.32. The quantitative estimate of drug-likeness (QED) is 0.356. The second-order valence-electron chi connectivity index (χ2n) is 8.02. The van der Waals surface area contributed by atoms with Crippen molar-refractivity contribution in [1.29, 1.82) is 0 Å². The Kier molecular flexibility index (Phi) is 7.59. The van der Waals surface area contributed by atoms with Crippen LogP contribution in [0.2, 0.25) is 0 Å². The topological polar surface area (TPSA) is 102 Å². The zero-order chi connectivity index (χ0) is 24.1. The molecule has 1 amide bonds. The number of hydrogen-bond acceptors (Lipinski definition) is 7. The van der Waals surface area contributed by atoms with Crippen molar-refractivity contribution < 1.29 is 28.4 Å². The number of esters is 1. The third-order valence-electron chi connectivity index (χ3n) is 5.66. The average Bonchev–Trinajstić information content (AvgIpc) is 2.80. The molecule has 3 rings (SSSR count). The number of amides is 1. The molecule has 0 aliphatic carbocycles. The van der Waals surface area contributed by atoms with Crippen molar-refractivity contribution in [3.63, 3.8) is 0 Å². The largest absolute Gasteiger partial charge is 0.477 e. The Bertz CT molecular complexity index is 1030. The molecule has 1 aliphatic rings. The summed E-state index contributed by atoms with van der Waals surface area (Å²) in [6, 6.07) is 9.99. The lowest BCUT2D eigenvalue weighted by atomic mass is 10.1. The van der Waals surface area contributed by atoms with E-state index < -0.39 is 16.6 Å². The molecule has 10 heteroatoms. The van der Waals surface area contributed by atoms with E-state index in [0.29, 0.717) is 19.6 Å². The second kappa shape index (κ2) is 10.4. The molecule has 0 radical (unpaired) electrons. The molecule has 1 fully saturated rings. The van der Waals surface area contributed by atoms with Crippen molar-refractivity contribution in [2.24, 2.45) is 0 Å². The van der Waals surface area contributed by atoms with E-state index in [4.69, 9.17) is 4.74 Å². The fraction of sp³-hybridized carbons (Fsp3) is 0.391. The molecule has 0 bridgehead atoms. The van der Waals surface area contributed by atoms with Crippen molar-refractivity contribution >= 4 is 17.6 Å². The van der Waals surface area contributed by atoms with E-state index in [2.05, 4.69) is 9.64 Å². The number of nitro groups is 1. The Hall–Kier alpha value is -3.53. The summed E-state index contributed by atoms with van der Waals surface area (Å²) in [5, 5.41) is 11.4. The number of piperazine rings is 1. The zero-order valence-electron chi connectivity index (χ0n) is 18.7. The Labute approximate surface area is 190 Å². The summed E-state index contributed by atoms with van der Waals surface area (Å²) in [4.78, 5) is 39.1. The Morgan fingerprint density at radius 1 is 1.12 bits per heavy atom. The highest BCUT2D eigenvalue weighted by atomic mass is 19.1. The molecule has 1 heterocycles. The van der Waals surface area contributed by atoms with E-state index in [-0.39, 0.29) is 41.7 Å². The molecular weight excluding hydrogens is 433 g/mol. The number of methoxy groups -OCH3 is 1. The van der Waals surface area contributed by atoms with Crippen molar-refractivity contribution in [1.82, 2.24) is 9.80 Å². The maximum Gasteiger partial charge on any atom is 0.338 e. The first kappa shape index (κ1) is 24.1. The van der Waals surface area contributed by atoms with E-state index in [1.54, 1.807) is 17.0 Å². The fourth-order valence-electron chi connectivity index (χ4n) is 3.84. The van der Waals surface area contributed by atoms with E-state index in [1.807, 2.05) is 13.8 Å². The van der Waals surface area contributed by atoms with Crippen LogP contribution >= 0.6 is 0 Å². The Balaban J connectivity index is 1.62. The number of nitro benzene ring substituents is 1. The monoisotopic (exact) mass is 459 g/mol. The SMILES string of the molecule is COC(=O)c1ccc(OCC(=O)N2C[C@@H](C)N(Cc3ccc(F)cc3)C[C@@H]2C)c([N+](=O)[O-])c1. The zero-order valence-corrected chi connectivity index (χ0v) is 18.7. The molecule has 0 N–H and O–H groups in total. The van der Waals surface area contributed by atoms with Crippen LogP contribution in [0.15, 0.2) is 42.5 Å². The standard InChI is InChI=1S/C23H26FN3O6/c1-15-12-26(16(2)11-25(15)13-17-4-7-19(24)8-5-17)22(28)14-33-21-9-6-18(23(29)32-3)10-20(21)27(30)31/h4-10,15-16H,11-14H2,1-3H3/t15-,16+/m1/s1. The van der Waals surface area contributed by atoms with Gasteiger partial charge in [0.2, 0.25) is 0 Å². The summed E-state index contributed by atoms with van der Waals surface area (Å²) in [5.41, 5.74) is 0.583. The van der Waals surface area contributed by atoms with Crippen LogP contribution < -0.4 is 4.74 Å². The summed E-state index contributed by atoms with van der Waals surface area (Å²) >= 11 is 0. The second-order valence-corrected chi connectivity index (χ2v) is 8.02. The fourth-order valence-corrected chi connectivity index (χ4v) is 3.84. The molecule has 0 saturated carbocycles. The number of halogens is 1. The van der Waals surface area contributed by atoms with Crippen LogP contribution in [0.1, 0.15) is 29.8 Å². The van der Waals surface area contributed by atoms with Crippen LogP contribution in [0, 0.1) is 15.9 Å². The molecule has 0 unspecified atom stereocenters. The minimum Gasteiger partial charge on any atom is -0.477 e. The van der Waals surface area contributed by atoms with Gasteiger partial charge in [-0.15, -0.1) is 0 Å². The number of rotatable bonds is 7. The van der Waals surface area contributed by atoms with Gasteiger partial charge in [-0.1, -0.05) is 12.1 Å². The first-order valence-corrected chi connectivity index (χ1v) is 10.5. The van der Waals surface area contributed by atoms with Gasteiger partial charge in [-0.05, 0) is 43.7 Å². The predicted octanol–water partition coefficient (Wildman–Crippen LogP) is 3.02. The molecule has 9 nitrogen and oxygen atoms in total. The molecular formula is C23H26FN3O6. The Morgan fingerprint density at radius 3 is 2.45 bits per heavy atom. The third kappa shape index (κ3) is 5.83. The van der Waals surface area contributed by atoms with Gasteiger partial charge in [0.25, 0.3) is 5.91 Å². The van der Waals surface area contributed by atoms with E-state index in [9.17, 15) is 24.1 Å². The highest BCUT2D eigenvalue weighted by Crippen LogP contribution is 2.28. The Morgan fingerprint density at radius 2 is 1.82 bits per heavy atom. The minimum absolute atomic E-state index is 0.0163. The first-order chi connectivity index (χ1) is 15.7. The van der Waals surface area contributed by atoms with Crippen molar-refractivity contribution in [2.75, 3.05) is 26.8 Å². The van der Waals surface area contributed by atoms with Gasteiger partial charge < -0.3 is 14.4 Å². The van der Waals surface area contributed by atoms with Gasteiger partial charge in [0.1, 0.15) is 5.82 Å². The van der Waals surface area contributed by atoms with Crippen molar-refractivity contribution in [3.8, 4) is 5.75 Å². The number of benzene rings is 2. The number of ether oxygens (including phenoxy) is 2. The van der Waals surface area contributed by atoms with Crippen molar-refractivity contribution in [3.05, 3.63) is 69.5 Å². The summed E-state index contributed by atoms with van der Waals surface area (Å²) in [5.74, 6) is -1.38. The van der Waals surface area contributed by atoms with Gasteiger partial charge in [0.15, 0.2) is 12.4 Å². The van der Waals surface area contributed by atoms with Crippen LogP contribution in [-0.4, -0.2) is 65.5 Å². The maximum atomic E-state index is 13.2. The van der Waals surface area contributed by atoms with Crippen LogP contribution in [0.25, 0.3) is 0 Å². The maximum absolute atomic E-state index is 13.2. The number of hydrogen-bond donors (Lipinski definition) is 0. The van der Waals surface area contributed by atoms with Gasteiger partial charge in [-0.2, -0.15) is 0 Å². The van der Waals surface area contributed by atoms with Gasteiger partial charge in [0, 0.05) is 37.8 Å². The van der Waals surface area contributed by atoms with E-state index >= 15 is 0 Å². The predicted molar refractivity (Wildman–Crippen MR) is 117 cm³/mol. The lowest BCUT2D eigenvalue weighted by Gasteiger charge is -2.44. The van der Waals surface area contributed by atoms with Gasteiger partial charge >= 0.3 is 11.7 Å². The lowest BCUT2D eigenvalue weighted by Crippen LogP contribution is -2.58. The highest BCUT2D eigenvalue weighted by molar-refractivity contribution is 5.90. The molecule has 2 aromatic rings. The summed E-state index contributed by atoms with van der Waals surface area (Å²) in [7, 11) is 1.18. The summed E-state index contributed by atoms with van der Waals surface area (Å²) < 4.78 is 23.2. The lowest BCUT2D eigenvalue weighted by molar-refractivity contribution is -0.385. The molecule has 0 spiro atoms. The van der Waals surface area contributed by atoms with Crippen LogP contribution in [0.4, 0.5) is 10.1 Å². The van der Waals surface area contributed by atoms with Crippen LogP contribution in [0.3, 0.4) is 0 Å². The number of nitrogens with zero attached hydrogens (tertiary/aromatic N) is 3. The first-order valence-electron chi connectivity index (χ1n) is 10.5. The smallest absolute Gasteiger partial charge is 0.338 e. The van der Waals surface area contributed by atoms with Crippen molar-refractivity contribution in [2.45, 2.75) is 32.5 Å². The van der Waals surface area contributed by atoms with E-state index in [1.165, 1.54) is 31.4 Å². The molecule has 0 aromatic heterocycles. The van der Waals surface area contributed by atoms with Gasteiger partial charge in [0.05, 0.1) is 17.6 Å². The number of carbonyl (C=O) groups excluding carboxylic acids is 2. The van der Waals surface area contributed by atoms with Crippen LogP contribution in [-0.2, 0) is 16.1 Å². The molecule has 2 atom stereocenters. The molecule has 2 aromatic carbocycles. The third-order valence-corrected chi connectivity index (χ3v) is 5.66. The molecule has 176 valence electrons. The number of carbonyl (C=O) groups is 2. The van der Waals surface area contributed by atoms with Gasteiger partial charge in [-0.3, -0.25) is 19.8 Å². The van der Waals surface area contributed by atoms with E-state index in [0.717, 1.165) is 11.6 Å². The normalized spacial score (nSPS) is 18.6. The minimum atomic E-state index is -0.706. The molecule has 1 saturated heterocycles.